The van der Waals surface area contributed by atoms with Gasteiger partial charge in [0, 0.05) is 25.0 Å². The van der Waals surface area contributed by atoms with Crippen molar-refractivity contribution < 1.29 is 18.8 Å². The van der Waals surface area contributed by atoms with Crippen LogP contribution in [0.15, 0.2) is 4.52 Å². The van der Waals surface area contributed by atoms with Gasteiger partial charge in [-0.3, -0.25) is 0 Å². The number of aromatic nitrogens is 1. The predicted octanol–water partition coefficient (Wildman–Crippen LogP) is 2.23. The highest BCUT2D eigenvalue weighted by atomic mass is 16.5. The monoisotopic (exact) mass is 251 g/mol. The number of esters is 1. The molecule has 1 aromatic heterocycles. The quantitative estimate of drug-likeness (QED) is 0.771. The first-order valence-corrected chi connectivity index (χ1v) is 6.46. The first kappa shape index (κ1) is 11.7. The van der Waals surface area contributed by atoms with Gasteiger partial charge in [-0.05, 0) is 25.7 Å². The third-order valence-electron chi connectivity index (χ3n) is 3.69. The standard InChI is InChI=1S/C13H17NO4/c1-16-13(15)10-11(8-4-6-17-7-5-8)14-18-12(10)9-2-3-9/h8-9H,2-7H2,1H3. The molecule has 0 N–H and O–H groups in total. The summed E-state index contributed by atoms with van der Waals surface area (Å²) in [6, 6.07) is 0. The van der Waals surface area contributed by atoms with Crippen molar-refractivity contribution in [3.63, 3.8) is 0 Å². The van der Waals surface area contributed by atoms with Crippen molar-refractivity contribution in [1.82, 2.24) is 5.16 Å². The van der Waals surface area contributed by atoms with Crippen LogP contribution >= 0.6 is 0 Å². The van der Waals surface area contributed by atoms with Gasteiger partial charge in [0.1, 0.15) is 11.3 Å². The Bertz CT molecular complexity index is 444. The molecule has 1 saturated carbocycles. The van der Waals surface area contributed by atoms with E-state index < -0.39 is 0 Å². The molecule has 0 atom stereocenters. The van der Waals surface area contributed by atoms with Crippen molar-refractivity contribution in [1.29, 1.82) is 0 Å². The molecule has 1 saturated heterocycles. The molecule has 1 aliphatic heterocycles. The number of rotatable bonds is 3. The Labute approximate surface area is 105 Å². The fourth-order valence-electron chi connectivity index (χ4n) is 2.50. The van der Waals surface area contributed by atoms with Crippen molar-refractivity contribution in [3.05, 3.63) is 17.0 Å². The minimum atomic E-state index is -0.320. The van der Waals surface area contributed by atoms with Crippen molar-refractivity contribution in [2.24, 2.45) is 0 Å². The molecule has 0 spiro atoms. The molecule has 2 heterocycles. The summed E-state index contributed by atoms with van der Waals surface area (Å²) in [5.41, 5.74) is 1.35. The van der Waals surface area contributed by atoms with Crippen LogP contribution in [-0.2, 0) is 9.47 Å². The highest BCUT2D eigenvalue weighted by Crippen LogP contribution is 2.44. The van der Waals surface area contributed by atoms with Crippen LogP contribution in [0.5, 0.6) is 0 Å². The fraction of sp³-hybridized carbons (Fsp3) is 0.692. The number of ether oxygens (including phenoxy) is 2. The minimum Gasteiger partial charge on any atom is -0.465 e. The summed E-state index contributed by atoms with van der Waals surface area (Å²) in [6.07, 6.45) is 3.93. The summed E-state index contributed by atoms with van der Waals surface area (Å²) in [7, 11) is 1.40. The van der Waals surface area contributed by atoms with Gasteiger partial charge in [-0.15, -0.1) is 0 Å². The van der Waals surface area contributed by atoms with E-state index in [9.17, 15) is 4.79 Å². The van der Waals surface area contributed by atoms with Crippen LogP contribution in [0, 0.1) is 0 Å². The third kappa shape index (κ3) is 2.03. The third-order valence-corrected chi connectivity index (χ3v) is 3.69. The van der Waals surface area contributed by atoms with Gasteiger partial charge >= 0.3 is 5.97 Å². The van der Waals surface area contributed by atoms with Crippen molar-refractivity contribution in [2.45, 2.75) is 37.5 Å². The van der Waals surface area contributed by atoms with Crippen LogP contribution in [-0.4, -0.2) is 31.4 Å². The Kier molecular flexibility index (Phi) is 3.07. The van der Waals surface area contributed by atoms with Crippen LogP contribution in [0.1, 0.15) is 59.3 Å². The van der Waals surface area contributed by atoms with E-state index in [1.807, 2.05) is 0 Å². The smallest absolute Gasteiger partial charge is 0.343 e. The molecule has 2 aliphatic rings. The molecule has 0 unspecified atom stereocenters. The number of nitrogens with zero attached hydrogens (tertiary/aromatic N) is 1. The first-order chi connectivity index (χ1) is 8.81. The second-order valence-electron chi connectivity index (χ2n) is 4.96. The fourth-order valence-corrected chi connectivity index (χ4v) is 2.50. The molecule has 1 aliphatic carbocycles. The van der Waals surface area contributed by atoms with Crippen LogP contribution in [0.3, 0.4) is 0 Å². The van der Waals surface area contributed by atoms with Gasteiger partial charge in [-0.1, -0.05) is 5.16 Å². The average Bonchev–Trinajstić information content (AvgIpc) is 3.17. The number of carbonyl (C=O) groups excluding carboxylic acids is 1. The highest BCUT2D eigenvalue weighted by Gasteiger charge is 2.37. The maximum Gasteiger partial charge on any atom is 0.343 e. The summed E-state index contributed by atoms with van der Waals surface area (Å²) < 4.78 is 15.6. The van der Waals surface area contributed by atoms with Gasteiger partial charge in [0.25, 0.3) is 0 Å². The second-order valence-corrected chi connectivity index (χ2v) is 4.96. The minimum absolute atomic E-state index is 0.254. The molecule has 18 heavy (non-hydrogen) atoms. The molecule has 0 bridgehead atoms. The lowest BCUT2D eigenvalue weighted by atomic mass is 9.92. The van der Waals surface area contributed by atoms with Crippen LogP contribution in [0.2, 0.25) is 0 Å². The molecule has 3 rings (SSSR count). The molecular weight excluding hydrogens is 234 g/mol. The number of hydrogen-bond donors (Lipinski definition) is 0. The summed E-state index contributed by atoms with van der Waals surface area (Å²) in [6.45, 7) is 1.44. The summed E-state index contributed by atoms with van der Waals surface area (Å²) in [5.74, 6) is 1.02. The second kappa shape index (κ2) is 4.72. The van der Waals surface area contributed by atoms with Gasteiger partial charge in [-0.25, -0.2) is 4.79 Å². The summed E-state index contributed by atoms with van der Waals surface area (Å²) >= 11 is 0. The van der Waals surface area contributed by atoms with Crippen molar-refractivity contribution >= 4 is 5.97 Å². The molecule has 2 fully saturated rings. The van der Waals surface area contributed by atoms with Gasteiger partial charge < -0.3 is 14.0 Å². The van der Waals surface area contributed by atoms with Crippen LogP contribution in [0.25, 0.3) is 0 Å². The zero-order valence-corrected chi connectivity index (χ0v) is 10.5. The number of hydrogen-bond acceptors (Lipinski definition) is 5. The van der Waals surface area contributed by atoms with Crippen LogP contribution < -0.4 is 0 Å². The lowest BCUT2D eigenvalue weighted by Gasteiger charge is -2.20. The Balaban J connectivity index is 1.94. The van der Waals surface area contributed by atoms with E-state index in [-0.39, 0.29) is 11.9 Å². The Hall–Kier alpha value is -1.36. The Morgan fingerprint density at radius 2 is 1.94 bits per heavy atom. The average molecular weight is 251 g/mol. The molecule has 5 heteroatoms. The van der Waals surface area contributed by atoms with Gasteiger partial charge in [-0.2, -0.15) is 0 Å². The highest BCUT2D eigenvalue weighted by molar-refractivity contribution is 5.92. The van der Waals surface area contributed by atoms with E-state index in [1.54, 1.807) is 0 Å². The summed E-state index contributed by atoms with van der Waals surface area (Å²) in [5, 5.41) is 4.14. The maximum absolute atomic E-state index is 11.9. The Morgan fingerprint density at radius 3 is 2.56 bits per heavy atom. The SMILES string of the molecule is COC(=O)c1c(C2CCOCC2)noc1C1CC1. The number of carbonyl (C=O) groups is 1. The maximum atomic E-state index is 11.9. The van der Waals surface area contributed by atoms with Crippen molar-refractivity contribution in [3.8, 4) is 0 Å². The zero-order chi connectivity index (χ0) is 12.5. The largest absolute Gasteiger partial charge is 0.465 e. The van der Waals surface area contributed by atoms with Gasteiger partial charge in [0.2, 0.25) is 0 Å². The van der Waals surface area contributed by atoms with E-state index in [2.05, 4.69) is 5.16 Å². The van der Waals surface area contributed by atoms with Crippen molar-refractivity contribution in [2.75, 3.05) is 20.3 Å². The van der Waals surface area contributed by atoms with Gasteiger partial charge in [0.15, 0.2) is 5.76 Å². The molecule has 0 amide bonds. The number of methoxy groups -OCH3 is 1. The topological polar surface area (TPSA) is 61.6 Å². The summed E-state index contributed by atoms with van der Waals surface area (Å²) in [4.78, 5) is 11.9. The molecule has 0 aromatic carbocycles. The Morgan fingerprint density at radius 1 is 1.22 bits per heavy atom. The van der Waals surface area contributed by atoms with E-state index in [1.165, 1.54) is 7.11 Å². The molecule has 1 aromatic rings. The van der Waals surface area contributed by atoms with E-state index in [0.29, 0.717) is 11.5 Å². The molecule has 5 nitrogen and oxygen atoms in total. The van der Waals surface area contributed by atoms with E-state index in [4.69, 9.17) is 14.0 Å². The lowest BCUT2D eigenvalue weighted by molar-refractivity contribution is 0.0590. The van der Waals surface area contributed by atoms with Crippen LogP contribution in [0.4, 0.5) is 0 Å². The first-order valence-electron chi connectivity index (χ1n) is 6.46. The zero-order valence-electron chi connectivity index (χ0n) is 10.5. The van der Waals surface area contributed by atoms with E-state index in [0.717, 1.165) is 50.4 Å². The molecule has 0 radical (unpaired) electrons. The van der Waals surface area contributed by atoms with E-state index >= 15 is 0 Å². The molecular formula is C13H17NO4. The van der Waals surface area contributed by atoms with Gasteiger partial charge in [0.05, 0.1) is 7.11 Å². The predicted molar refractivity (Wildman–Crippen MR) is 62.6 cm³/mol. The lowest BCUT2D eigenvalue weighted by Crippen LogP contribution is -2.17. The normalized spacial score (nSPS) is 20.9. The molecule has 98 valence electrons.